The van der Waals surface area contributed by atoms with Crippen molar-refractivity contribution in [3.8, 4) is 5.75 Å². The van der Waals surface area contributed by atoms with Crippen LogP contribution in [0.2, 0.25) is 0 Å². The molecule has 0 aliphatic carbocycles. The number of anilines is 1. The van der Waals surface area contributed by atoms with Gasteiger partial charge in [-0.05, 0) is 31.2 Å². The highest BCUT2D eigenvalue weighted by molar-refractivity contribution is 5.41. The van der Waals surface area contributed by atoms with Crippen LogP contribution in [0.4, 0.5) is 5.69 Å². The number of nitrogen functional groups attached to an aromatic ring is 1. The Bertz CT molecular complexity index is 449. The van der Waals surface area contributed by atoms with Gasteiger partial charge in [-0.2, -0.15) is 0 Å². The molecule has 5 heteroatoms. The van der Waals surface area contributed by atoms with Gasteiger partial charge in [-0.25, -0.2) is 0 Å². The van der Waals surface area contributed by atoms with Gasteiger partial charge in [-0.1, -0.05) is 0 Å². The molecule has 0 radical (unpaired) electrons. The lowest BCUT2D eigenvalue weighted by Crippen LogP contribution is -2.05. The smallest absolute Gasteiger partial charge is 0.170 e. The molecule has 5 nitrogen and oxygen atoms in total. The second kappa shape index (κ2) is 4.65. The van der Waals surface area contributed by atoms with E-state index in [-0.39, 0.29) is 0 Å². The largest absolute Gasteiger partial charge is 0.486 e. The third-order valence-corrected chi connectivity index (χ3v) is 2.28. The Morgan fingerprint density at radius 2 is 2.06 bits per heavy atom. The fourth-order valence-electron chi connectivity index (χ4n) is 1.37. The van der Waals surface area contributed by atoms with Crippen LogP contribution < -0.4 is 10.5 Å². The first-order chi connectivity index (χ1) is 7.79. The Balaban J connectivity index is 1.99. The minimum absolute atomic E-state index is 0.414. The quantitative estimate of drug-likeness (QED) is 0.789. The van der Waals surface area contributed by atoms with Crippen LogP contribution in [0.15, 0.2) is 30.6 Å². The molecule has 0 fully saturated rings. The Kier molecular flexibility index (Phi) is 3.05. The molecule has 1 heterocycles. The minimum Gasteiger partial charge on any atom is -0.486 e. The lowest BCUT2D eigenvalue weighted by Gasteiger charge is -2.06. The maximum absolute atomic E-state index is 5.58. The molecular weight excluding hydrogens is 204 g/mol. The predicted octanol–water partition coefficient (Wildman–Crippen LogP) is 1.46. The second-order valence-electron chi connectivity index (χ2n) is 3.39. The monoisotopic (exact) mass is 218 g/mol. The van der Waals surface area contributed by atoms with Gasteiger partial charge in [0.05, 0.1) is 0 Å². The summed E-state index contributed by atoms with van der Waals surface area (Å²) in [7, 11) is 0. The molecule has 2 N–H and O–H groups in total. The van der Waals surface area contributed by atoms with Crippen molar-refractivity contribution in [3.63, 3.8) is 0 Å². The van der Waals surface area contributed by atoms with Gasteiger partial charge in [0.1, 0.15) is 18.7 Å². The van der Waals surface area contributed by atoms with Crippen molar-refractivity contribution < 1.29 is 4.74 Å². The van der Waals surface area contributed by atoms with Crippen LogP contribution in [0.5, 0.6) is 5.75 Å². The highest BCUT2D eigenvalue weighted by Gasteiger charge is 2.03. The third kappa shape index (κ3) is 2.31. The summed E-state index contributed by atoms with van der Waals surface area (Å²) in [6, 6.07) is 7.28. The molecule has 1 aromatic heterocycles. The molecule has 0 saturated carbocycles. The molecule has 0 aliphatic rings. The summed E-state index contributed by atoms with van der Waals surface area (Å²) in [4.78, 5) is 0. The number of hydrogen-bond acceptors (Lipinski definition) is 4. The summed E-state index contributed by atoms with van der Waals surface area (Å²) in [5, 5.41) is 7.82. The zero-order valence-electron chi connectivity index (χ0n) is 9.13. The summed E-state index contributed by atoms with van der Waals surface area (Å²) in [5.41, 5.74) is 6.31. The van der Waals surface area contributed by atoms with Crippen LogP contribution in [0.25, 0.3) is 0 Å². The zero-order valence-corrected chi connectivity index (χ0v) is 9.13. The summed E-state index contributed by atoms with van der Waals surface area (Å²) < 4.78 is 7.51. The number of ether oxygens (including phenoxy) is 1. The van der Waals surface area contributed by atoms with Gasteiger partial charge in [-0.15, -0.1) is 10.2 Å². The van der Waals surface area contributed by atoms with Gasteiger partial charge in [0.2, 0.25) is 0 Å². The summed E-state index contributed by atoms with van der Waals surface area (Å²) in [6.45, 7) is 3.29. The summed E-state index contributed by atoms with van der Waals surface area (Å²) >= 11 is 0. The molecule has 0 aliphatic heterocycles. The molecule has 84 valence electrons. The Hall–Kier alpha value is -2.04. The molecule has 0 atom stereocenters. The van der Waals surface area contributed by atoms with Gasteiger partial charge in [0.25, 0.3) is 0 Å². The molecular formula is C11H14N4O. The average Bonchev–Trinajstić information content (AvgIpc) is 2.76. The van der Waals surface area contributed by atoms with Crippen molar-refractivity contribution in [3.05, 3.63) is 36.4 Å². The zero-order chi connectivity index (χ0) is 11.4. The van der Waals surface area contributed by atoms with Gasteiger partial charge in [-0.3, -0.25) is 0 Å². The van der Waals surface area contributed by atoms with Crippen LogP contribution in [-0.4, -0.2) is 14.8 Å². The van der Waals surface area contributed by atoms with Crippen LogP contribution >= 0.6 is 0 Å². The van der Waals surface area contributed by atoms with E-state index in [2.05, 4.69) is 10.2 Å². The van der Waals surface area contributed by atoms with Gasteiger partial charge >= 0.3 is 0 Å². The normalized spacial score (nSPS) is 10.3. The number of hydrogen-bond donors (Lipinski definition) is 1. The van der Waals surface area contributed by atoms with Crippen molar-refractivity contribution in [2.45, 2.75) is 20.1 Å². The van der Waals surface area contributed by atoms with E-state index in [1.165, 1.54) is 0 Å². The third-order valence-electron chi connectivity index (χ3n) is 2.28. The lowest BCUT2D eigenvalue weighted by atomic mass is 10.3. The number of nitrogens with two attached hydrogens (primary N) is 1. The maximum Gasteiger partial charge on any atom is 0.170 e. The Labute approximate surface area is 93.9 Å². The van der Waals surface area contributed by atoms with E-state index in [4.69, 9.17) is 10.5 Å². The molecule has 0 saturated heterocycles. The van der Waals surface area contributed by atoms with Crippen molar-refractivity contribution in [1.82, 2.24) is 14.8 Å². The molecule has 0 bridgehead atoms. The van der Waals surface area contributed by atoms with E-state index in [1.54, 1.807) is 18.5 Å². The van der Waals surface area contributed by atoms with E-state index < -0.39 is 0 Å². The molecule has 0 spiro atoms. The minimum atomic E-state index is 0.414. The SMILES string of the molecule is CCn1cnnc1COc1ccc(N)cc1. The van der Waals surface area contributed by atoms with Crippen LogP contribution in [0.3, 0.4) is 0 Å². The molecule has 0 amide bonds. The Morgan fingerprint density at radius 1 is 1.31 bits per heavy atom. The summed E-state index contributed by atoms with van der Waals surface area (Å²) in [5.74, 6) is 1.60. The highest BCUT2D eigenvalue weighted by Crippen LogP contribution is 2.14. The van der Waals surface area contributed by atoms with E-state index in [0.717, 1.165) is 23.8 Å². The topological polar surface area (TPSA) is 66.0 Å². The molecule has 2 rings (SSSR count). The number of rotatable bonds is 4. The molecule has 16 heavy (non-hydrogen) atoms. The van der Waals surface area contributed by atoms with E-state index in [0.29, 0.717) is 6.61 Å². The van der Waals surface area contributed by atoms with Crippen LogP contribution in [0.1, 0.15) is 12.7 Å². The van der Waals surface area contributed by atoms with Gasteiger partial charge in [0.15, 0.2) is 5.82 Å². The van der Waals surface area contributed by atoms with Crippen molar-refractivity contribution in [2.24, 2.45) is 0 Å². The fourth-order valence-corrected chi connectivity index (χ4v) is 1.37. The predicted molar refractivity (Wildman–Crippen MR) is 60.9 cm³/mol. The first kappa shape index (κ1) is 10.5. The maximum atomic E-state index is 5.58. The molecule has 0 unspecified atom stereocenters. The van der Waals surface area contributed by atoms with Crippen molar-refractivity contribution >= 4 is 5.69 Å². The molecule has 1 aromatic carbocycles. The lowest BCUT2D eigenvalue weighted by molar-refractivity contribution is 0.289. The first-order valence-electron chi connectivity index (χ1n) is 5.14. The number of aryl methyl sites for hydroxylation is 1. The number of nitrogens with zero attached hydrogens (tertiary/aromatic N) is 3. The van der Waals surface area contributed by atoms with Gasteiger partial charge in [0, 0.05) is 12.2 Å². The Morgan fingerprint density at radius 3 is 2.75 bits per heavy atom. The standard InChI is InChI=1S/C11H14N4O/c1-2-15-8-13-14-11(15)7-16-10-5-3-9(12)4-6-10/h3-6,8H,2,7,12H2,1H3. The number of benzene rings is 1. The van der Waals surface area contributed by atoms with E-state index >= 15 is 0 Å². The van der Waals surface area contributed by atoms with E-state index in [1.807, 2.05) is 23.6 Å². The van der Waals surface area contributed by atoms with Crippen molar-refractivity contribution in [1.29, 1.82) is 0 Å². The average molecular weight is 218 g/mol. The van der Waals surface area contributed by atoms with Gasteiger partial charge < -0.3 is 15.0 Å². The summed E-state index contributed by atoms with van der Waals surface area (Å²) in [6.07, 6.45) is 1.70. The molecule has 2 aromatic rings. The fraction of sp³-hybridized carbons (Fsp3) is 0.273. The highest BCUT2D eigenvalue weighted by atomic mass is 16.5. The van der Waals surface area contributed by atoms with E-state index in [9.17, 15) is 0 Å². The van der Waals surface area contributed by atoms with Crippen LogP contribution in [0, 0.1) is 0 Å². The van der Waals surface area contributed by atoms with Crippen LogP contribution in [-0.2, 0) is 13.2 Å². The number of aromatic nitrogens is 3. The second-order valence-corrected chi connectivity index (χ2v) is 3.39. The van der Waals surface area contributed by atoms with Crippen molar-refractivity contribution in [2.75, 3.05) is 5.73 Å². The first-order valence-corrected chi connectivity index (χ1v) is 5.14.